The first-order chi connectivity index (χ1) is 5.84. The Hall–Kier alpha value is -1.07. The molecule has 0 rings (SSSR count). The fraction of sp³-hybridized carbons (Fsp3) is 0.714. The second-order valence-corrected chi connectivity index (χ2v) is 2.28. The lowest BCUT2D eigenvalue weighted by Crippen LogP contribution is -2.43. The number of esters is 1. The van der Waals surface area contributed by atoms with Gasteiger partial charge in [0, 0.05) is 0 Å². The molecule has 76 valence electrons. The topological polar surface area (TPSA) is 43.4 Å². The van der Waals surface area contributed by atoms with Crippen molar-refractivity contribution in [1.82, 2.24) is 0 Å². The van der Waals surface area contributed by atoms with Crippen LogP contribution in [0.4, 0.5) is 13.2 Å². The van der Waals surface area contributed by atoms with Gasteiger partial charge < -0.3 is 4.74 Å². The van der Waals surface area contributed by atoms with Crippen LogP contribution in [0.25, 0.3) is 0 Å². The van der Waals surface area contributed by atoms with Crippen LogP contribution >= 0.6 is 0 Å². The van der Waals surface area contributed by atoms with Crippen LogP contribution in [0, 0.1) is 0 Å². The molecule has 0 aliphatic rings. The lowest BCUT2D eigenvalue weighted by atomic mass is 10.1. The van der Waals surface area contributed by atoms with E-state index in [9.17, 15) is 22.8 Å². The summed E-state index contributed by atoms with van der Waals surface area (Å²) in [5.41, 5.74) is 0. The van der Waals surface area contributed by atoms with Crippen LogP contribution in [0.15, 0.2) is 0 Å². The van der Waals surface area contributed by atoms with E-state index >= 15 is 0 Å². The maximum atomic E-state index is 12.6. The second kappa shape index (κ2) is 4.25. The van der Waals surface area contributed by atoms with Crippen molar-refractivity contribution >= 4 is 11.8 Å². The highest BCUT2D eigenvalue weighted by atomic mass is 19.3. The van der Waals surface area contributed by atoms with E-state index < -0.39 is 23.8 Å². The number of carbonyl (C=O) groups excluding carboxylic acids is 2. The van der Waals surface area contributed by atoms with Crippen LogP contribution in [0.3, 0.4) is 0 Å². The Labute approximate surface area is 72.9 Å². The van der Waals surface area contributed by atoms with Gasteiger partial charge in [-0.2, -0.15) is 8.78 Å². The molecule has 0 fully saturated rings. The number of Topliss-reactive ketones (excluding diaryl/α,β-unsaturated/α-hetero) is 1. The molecule has 13 heavy (non-hydrogen) atoms. The maximum Gasteiger partial charge on any atom is 0.402 e. The highest BCUT2D eigenvalue weighted by Gasteiger charge is 2.50. The molecule has 0 saturated heterocycles. The van der Waals surface area contributed by atoms with E-state index in [1.54, 1.807) is 0 Å². The molecule has 0 N–H and O–H groups in total. The number of halogens is 3. The van der Waals surface area contributed by atoms with E-state index in [1.807, 2.05) is 0 Å². The zero-order valence-corrected chi connectivity index (χ0v) is 7.14. The summed E-state index contributed by atoms with van der Waals surface area (Å²) in [6.07, 6.45) is -2.39. The van der Waals surface area contributed by atoms with Gasteiger partial charge in [-0.05, 0) is 13.8 Å². The minimum Gasteiger partial charge on any atom is -0.461 e. The third-order valence-corrected chi connectivity index (χ3v) is 1.20. The van der Waals surface area contributed by atoms with Crippen LogP contribution in [0.2, 0.25) is 0 Å². The van der Waals surface area contributed by atoms with E-state index in [2.05, 4.69) is 4.74 Å². The monoisotopic (exact) mass is 198 g/mol. The Morgan fingerprint density at radius 3 is 2.23 bits per heavy atom. The highest BCUT2D eigenvalue weighted by molar-refractivity contribution is 6.07. The van der Waals surface area contributed by atoms with Crippen molar-refractivity contribution in [2.45, 2.75) is 25.9 Å². The van der Waals surface area contributed by atoms with Crippen molar-refractivity contribution in [1.29, 1.82) is 0 Å². The van der Waals surface area contributed by atoms with Crippen LogP contribution in [0.5, 0.6) is 0 Å². The molecule has 0 aromatic heterocycles. The summed E-state index contributed by atoms with van der Waals surface area (Å²) in [6, 6.07) is 0. The Morgan fingerprint density at radius 1 is 1.46 bits per heavy atom. The SMILES string of the molecule is CCOC(=O)C(F)(F)C(=O)C(C)F. The van der Waals surface area contributed by atoms with Crippen molar-refractivity contribution in [2.24, 2.45) is 0 Å². The molecule has 1 atom stereocenters. The number of ketones is 1. The first kappa shape index (κ1) is 11.9. The van der Waals surface area contributed by atoms with E-state index in [4.69, 9.17) is 0 Å². The average Bonchev–Trinajstić information content (AvgIpc) is 2.03. The van der Waals surface area contributed by atoms with E-state index in [1.165, 1.54) is 6.92 Å². The zero-order chi connectivity index (χ0) is 10.6. The summed E-state index contributed by atoms with van der Waals surface area (Å²) in [5.74, 6) is -8.47. The lowest BCUT2D eigenvalue weighted by Gasteiger charge is -2.13. The van der Waals surface area contributed by atoms with Gasteiger partial charge in [0.2, 0.25) is 5.78 Å². The van der Waals surface area contributed by atoms with E-state index in [0.717, 1.165) is 0 Å². The average molecular weight is 198 g/mol. The summed E-state index contributed by atoms with van der Waals surface area (Å²) in [6.45, 7) is 1.65. The predicted molar refractivity (Wildman–Crippen MR) is 37.2 cm³/mol. The number of hydrogen-bond acceptors (Lipinski definition) is 3. The predicted octanol–water partition coefficient (Wildman–Crippen LogP) is 1.11. The molecule has 0 heterocycles. The molecule has 0 aliphatic heterocycles. The number of alkyl halides is 3. The number of ether oxygens (including phenoxy) is 1. The first-order valence-electron chi connectivity index (χ1n) is 3.57. The summed E-state index contributed by atoms with van der Waals surface area (Å²) < 4.78 is 41.2. The molecule has 1 unspecified atom stereocenters. The van der Waals surface area contributed by atoms with Gasteiger partial charge in [0.05, 0.1) is 6.61 Å². The van der Waals surface area contributed by atoms with Gasteiger partial charge in [0.15, 0.2) is 6.17 Å². The highest BCUT2D eigenvalue weighted by Crippen LogP contribution is 2.19. The second-order valence-electron chi connectivity index (χ2n) is 2.28. The first-order valence-corrected chi connectivity index (χ1v) is 3.57. The summed E-state index contributed by atoms with van der Waals surface area (Å²) >= 11 is 0. The molecule has 0 aromatic carbocycles. The largest absolute Gasteiger partial charge is 0.461 e. The number of carbonyl (C=O) groups is 2. The quantitative estimate of drug-likeness (QED) is 0.502. The fourth-order valence-corrected chi connectivity index (χ4v) is 0.572. The summed E-state index contributed by atoms with van der Waals surface area (Å²) in [5, 5.41) is 0. The van der Waals surface area contributed by atoms with Crippen molar-refractivity contribution in [2.75, 3.05) is 6.61 Å². The molecule has 6 heteroatoms. The Bertz CT molecular complexity index is 213. The molecule has 0 aromatic rings. The number of rotatable bonds is 4. The fourth-order valence-electron chi connectivity index (χ4n) is 0.572. The Kier molecular flexibility index (Phi) is 3.90. The zero-order valence-electron chi connectivity index (χ0n) is 7.14. The molecular weight excluding hydrogens is 189 g/mol. The van der Waals surface area contributed by atoms with Gasteiger partial charge >= 0.3 is 11.9 Å². The molecule has 0 amide bonds. The molecule has 0 spiro atoms. The van der Waals surface area contributed by atoms with Crippen LogP contribution in [0.1, 0.15) is 13.8 Å². The normalized spacial score (nSPS) is 13.6. The van der Waals surface area contributed by atoms with Crippen molar-refractivity contribution < 1.29 is 27.5 Å². The van der Waals surface area contributed by atoms with E-state index in [0.29, 0.717) is 6.92 Å². The third kappa shape index (κ3) is 2.71. The van der Waals surface area contributed by atoms with Gasteiger partial charge in [-0.1, -0.05) is 0 Å². The molecule has 0 saturated carbocycles. The van der Waals surface area contributed by atoms with Gasteiger partial charge in [0.25, 0.3) is 0 Å². The Morgan fingerprint density at radius 2 is 1.92 bits per heavy atom. The van der Waals surface area contributed by atoms with E-state index in [-0.39, 0.29) is 6.61 Å². The van der Waals surface area contributed by atoms with Crippen LogP contribution < -0.4 is 0 Å². The molecular formula is C7H9F3O3. The molecule has 0 bridgehead atoms. The molecule has 0 radical (unpaired) electrons. The maximum absolute atomic E-state index is 12.6. The smallest absolute Gasteiger partial charge is 0.402 e. The standard InChI is InChI=1S/C7H9F3O3/c1-3-13-6(12)7(9,10)5(11)4(2)8/h4H,3H2,1-2H3. The van der Waals surface area contributed by atoms with Crippen LogP contribution in [-0.2, 0) is 14.3 Å². The van der Waals surface area contributed by atoms with Gasteiger partial charge in [0.1, 0.15) is 0 Å². The van der Waals surface area contributed by atoms with Gasteiger partial charge in [-0.3, -0.25) is 4.79 Å². The van der Waals surface area contributed by atoms with Crippen molar-refractivity contribution in [3.05, 3.63) is 0 Å². The summed E-state index contributed by atoms with van der Waals surface area (Å²) in [7, 11) is 0. The van der Waals surface area contributed by atoms with Crippen LogP contribution in [-0.4, -0.2) is 30.5 Å². The minimum absolute atomic E-state index is 0.289. The van der Waals surface area contributed by atoms with Crippen molar-refractivity contribution in [3.63, 3.8) is 0 Å². The van der Waals surface area contributed by atoms with Gasteiger partial charge in [-0.15, -0.1) is 0 Å². The minimum atomic E-state index is -4.38. The summed E-state index contributed by atoms with van der Waals surface area (Å²) in [4.78, 5) is 20.9. The van der Waals surface area contributed by atoms with Crippen molar-refractivity contribution in [3.8, 4) is 0 Å². The van der Waals surface area contributed by atoms with Gasteiger partial charge in [-0.25, -0.2) is 9.18 Å². The molecule has 0 aliphatic carbocycles. The Balaban J connectivity index is 4.55. The molecule has 3 nitrogen and oxygen atoms in total. The third-order valence-electron chi connectivity index (χ3n) is 1.20. The number of hydrogen-bond donors (Lipinski definition) is 0. The lowest BCUT2D eigenvalue weighted by molar-refractivity contribution is -0.178.